The van der Waals surface area contributed by atoms with Gasteiger partial charge in [0.15, 0.2) is 0 Å². The highest BCUT2D eigenvalue weighted by atomic mass is 79.9. The molecule has 0 fully saturated rings. The zero-order valence-corrected chi connectivity index (χ0v) is 47.3. The molecule has 0 amide bonds. The first kappa shape index (κ1) is 48.8. The number of phenols is 1. The number of phenolic OH excluding ortho intramolecular Hbond substituents is 1. The second-order valence-electron chi connectivity index (χ2n) is 21.5. The van der Waals surface area contributed by atoms with Gasteiger partial charge in [-0.15, -0.1) is 0 Å². The Hall–Kier alpha value is -11.7. The number of hydrogen-bond donors (Lipinski definition) is 1. The summed E-state index contributed by atoms with van der Waals surface area (Å²) in [6, 6.07) is 65.0. The van der Waals surface area contributed by atoms with E-state index in [1.165, 1.54) is 5.39 Å². The molecule has 20 rings (SSSR count). The van der Waals surface area contributed by atoms with Gasteiger partial charge in [0.25, 0.3) is 0 Å². The van der Waals surface area contributed by atoms with Gasteiger partial charge in [-0.2, -0.15) is 0 Å². The van der Waals surface area contributed by atoms with Crippen LogP contribution in [0.25, 0.3) is 153 Å². The zero-order chi connectivity index (χ0) is 57.4. The SMILES string of the molecule is Brc1ccc2c3cnccc3n3c4ccccc4nc3c2c1.Oc1ccc2c3cnccc3n3c4ccccc4nc3c2c1.c1ccc2c(c1)nc1c3cc(Oc4ccc5c6cnccc6n6c7ccccc7nc6c5c4)ccc3c3cnccc3n21. The van der Waals surface area contributed by atoms with Crippen molar-refractivity contribution in [3.63, 3.8) is 0 Å². The number of aromatic hydroxyl groups is 1. The van der Waals surface area contributed by atoms with Gasteiger partial charge < -0.3 is 9.84 Å². The Balaban J connectivity index is 0.000000108. The molecule has 87 heavy (non-hydrogen) atoms. The molecule has 15 heteroatoms. The molecule has 0 aliphatic heterocycles. The zero-order valence-electron chi connectivity index (χ0n) is 45.7. The molecule has 0 saturated carbocycles. The van der Waals surface area contributed by atoms with Gasteiger partial charge in [0.1, 0.15) is 39.8 Å². The summed E-state index contributed by atoms with van der Waals surface area (Å²) in [5.74, 6) is 1.71. The van der Waals surface area contributed by atoms with Crippen molar-refractivity contribution >= 4 is 169 Å². The van der Waals surface area contributed by atoms with E-state index in [-0.39, 0.29) is 5.75 Å². The monoisotopic (exact) mass is 1180 g/mol. The van der Waals surface area contributed by atoms with Crippen LogP contribution in [0.3, 0.4) is 0 Å². The number of fused-ring (bicyclic) bond motifs is 32. The maximum Gasteiger partial charge on any atom is 0.146 e. The van der Waals surface area contributed by atoms with E-state index < -0.39 is 0 Å². The van der Waals surface area contributed by atoms with Gasteiger partial charge >= 0.3 is 0 Å². The Morgan fingerprint density at radius 3 is 0.966 bits per heavy atom. The van der Waals surface area contributed by atoms with Crippen molar-refractivity contribution in [2.24, 2.45) is 0 Å². The largest absolute Gasteiger partial charge is 0.508 e. The fourth-order valence-electron chi connectivity index (χ4n) is 13.0. The second kappa shape index (κ2) is 18.9. The highest BCUT2D eigenvalue weighted by molar-refractivity contribution is 9.10. The maximum atomic E-state index is 9.88. The van der Waals surface area contributed by atoms with Gasteiger partial charge in [-0.25, -0.2) is 19.9 Å². The number of imidazole rings is 4. The minimum atomic E-state index is 0.240. The standard InChI is InChI=1S/C36H20N6O.C18H10BrN3.C18H11N3O/c1-3-7-33-29(5-1)39-35-25-17-21(9-11-23(25)27-19-37-15-13-31(27)41(33)35)43-22-10-12-24-26(18-22)36-40-30-6-2-4-8-34(30)42(36)32-14-16-38-20-28(24)32;19-11-5-6-12-13(9-11)18-21-15-3-1-2-4-17(15)22(18)16-7-8-20-10-14(12)16;22-11-5-6-12-13(9-11)18-20-15-3-1-2-4-17(15)21(18)16-7-8-19-10-14(12)16/h1-20H;1-10H;1-10,22H. The number of pyridine rings is 8. The molecular weight excluding hydrogens is 1140 g/mol. The van der Waals surface area contributed by atoms with Gasteiger partial charge in [0, 0.05) is 97.1 Å². The molecule has 14 nitrogen and oxygen atoms in total. The van der Waals surface area contributed by atoms with Gasteiger partial charge in [0.2, 0.25) is 0 Å². The quantitative estimate of drug-likeness (QED) is 0.166. The molecule has 12 heterocycles. The topological polar surface area (TPSA) is 150 Å². The summed E-state index contributed by atoms with van der Waals surface area (Å²) in [5.41, 5.74) is 16.1. The van der Waals surface area contributed by atoms with Crippen molar-refractivity contribution in [3.8, 4) is 17.2 Å². The van der Waals surface area contributed by atoms with Crippen LogP contribution in [0.4, 0.5) is 0 Å². The smallest absolute Gasteiger partial charge is 0.146 e. The Kier molecular flexibility index (Phi) is 10.6. The van der Waals surface area contributed by atoms with Crippen LogP contribution in [0.5, 0.6) is 17.2 Å². The maximum absolute atomic E-state index is 9.88. The average molecular weight is 1190 g/mol. The number of aromatic nitrogens is 12. The molecule has 20 aromatic rings. The Morgan fingerprint density at radius 2 is 0.598 bits per heavy atom. The third kappa shape index (κ3) is 7.46. The molecule has 0 unspecified atom stereocenters. The fraction of sp³-hybridized carbons (Fsp3) is 0. The number of ether oxygens (including phenoxy) is 1. The lowest BCUT2D eigenvalue weighted by Gasteiger charge is -2.12. The third-order valence-electron chi connectivity index (χ3n) is 16.7. The molecule has 0 atom stereocenters. The van der Waals surface area contributed by atoms with Gasteiger partial charge in [-0.05, 0) is 161 Å². The number of halogens is 1. The van der Waals surface area contributed by atoms with Crippen molar-refractivity contribution in [2.75, 3.05) is 0 Å². The summed E-state index contributed by atoms with van der Waals surface area (Å²) in [6.07, 6.45) is 14.9. The first-order valence-electron chi connectivity index (χ1n) is 28.3. The van der Waals surface area contributed by atoms with Crippen molar-refractivity contribution in [3.05, 3.63) is 248 Å². The number of para-hydroxylation sites is 8. The normalized spacial score (nSPS) is 12.0. The van der Waals surface area contributed by atoms with E-state index in [4.69, 9.17) is 24.7 Å². The summed E-state index contributed by atoms with van der Waals surface area (Å²) < 4.78 is 16.4. The minimum Gasteiger partial charge on any atom is -0.508 e. The molecule has 0 saturated heterocycles. The number of hydrogen-bond acceptors (Lipinski definition) is 10. The number of benzene rings is 8. The van der Waals surface area contributed by atoms with Gasteiger partial charge in [-0.1, -0.05) is 70.5 Å². The summed E-state index contributed by atoms with van der Waals surface area (Å²) in [7, 11) is 0. The lowest BCUT2D eigenvalue weighted by atomic mass is 10.1. The average Bonchev–Trinajstić information content (AvgIpc) is 1.90. The van der Waals surface area contributed by atoms with Crippen LogP contribution in [0.1, 0.15) is 0 Å². The van der Waals surface area contributed by atoms with Crippen LogP contribution < -0.4 is 4.74 Å². The molecule has 408 valence electrons. The molecule has 12 aromatic heterocycles. The van der Waals surface area contributed by atoms with Crippen molar-refractivity contribution in [1.29, 1.82) is 0 Å². The van der Waals surface area contributed by atoms with E-state index >= 15 is 0 Å². The van der Waals surface area contributed by atoms with Crippen LogP contribution in [0.2, 0.25) is 0 Å². The van der Waals surface area contributed by atoms with E-state index in [1.54, 1.807) is 18.3 Å². The van der Waals surface area contributed by atoms with Crippen LogP contribution in [0.15, 0.2) is 248 Å². The summed E-state index contributed by atoms with van der Waals surface area (Å²) in [5, 5.41) is 22.7. The van der Waals surface area contributed by atoms with Crippen LogP contribution in [0, 0.1) is 0 Å². The Labute approximate surface area is 499 Å². The summed E-state index contributed by atoms with van der Waals surface area (Å²) in [6.45, 7) is 0. The molecule has 8 aromatic carbocycles. The third-order valence-corrected chi connectivity index (χ3v) is 17.2. The van der Waals surface area contributed by atoms with E-state index in [1.807, 2.05) is 116 Å². The molecule has 0 spiro atoms. The van der Waals surface area contributed by atoms with Crippen molar-refractivity contribution in [1.82, 2.24) is 57.5 Å². The molecule has 0 aliphatic carbocycles. The molecule has 0 bridgehead atoms. The molecule has 0 aliphatic rings. The summed E-state index contributed by atoms with van der Waals surface area (Å²) >= 11 is 3.57. The van der Waals surface area contributed by atoms with E-state index in [0.29, 0.717) is 0 Å². The Morgan fingerprint density at radius 1 is 0.287 bits per heavy atom. The van der Waals surface area contributed by atoms with Crippen LogP contribution in [-0.4, -0.2) is 62.6 Å². The fourth-order valence-corrected chi connectivity index (χ4v) is 13.4. The highest BCUT2D eigenvalue weighted by Crippen LogP contribution is 2.40. The van der Waals surface area contributed by atoms with Gasteiger partial charge in [0.05, 0.1) is 66.2 Å². The molecule has 1 N–H and O–H groups in total. The first-order chi connectivity index (χ1) is 43.0. The lowest BCUT2D eigenvalue weighted by Crippen LogP contribution is -1.94. The number of nitrogens with zero attached hydrogens (tertiary/aromatic N) is 12. The van der Waals surface area contributed by atoms with Crippen LogP contribution in [-0.2, 0) is 0 Å². The van der Waals surface area contributed by atoms with Crippen molar-refractivity contribution < 1.29 is 9.84 Å². The highest BCUT2D eigenvalue weighted by Gasteiger charge is 2.19. The number of rotatable bonds is 2. The lowest BCUT2D eigenvalue weighted by molar-refractivity contribution is 0.476. The minimum absolute atomic E-state index is 0.240. The van der Waals surface area contributed by atoms with E-state index in [9.17, 15) is 5.11 Å². The predicted octanol–water partition coefficient (Wildman–Crippen LogP) is 17.3. The first-order valence-corrected chi connectivity index (χ1v) is 29.1. The van der Waals surface area contributed by atoms with Gasteiger partial charge in [-0.3, -0.25) is 37.5 Å². The predicted molar refractivity (Wildman–Crippen MR) is 351 cm³/mol. The summed E-state index contributed by atoms with van der Waals surface area (Å²) in [4.78, 5) is 37.1. The van der Waals surface area contributed by atoms with E-state index in [0.717, 1.165) is 164 Å². The Bertz CT molecular complexity index is 5930. The van der Waals surface area contributed by atoms with Crippen molar-refractivity contribution in [2.45, 2.75) is 0 Å². The van der Waals surface area contributed by atoms with E-state index in [2.05, 4.69) is 163 Å². The second-order valence-corrected chi connectivity index (χ2v) is 22.5. The molecule has 0 radical (unpaired) electrons. The van der Waals surface area contributed by atoms with Crippen LogP contribution >= 0.6 is 15.9 Å². The molecular formula is C72H41BrN12O2.